The van der Waals surface area contributed by atoms with Gasteiger partial charge in [-0.15, -0.1) is 0 Å². The van der Waals surface area contributed by atoms with E-state index < -0.39 is 0 Å². The molecule has 21 heavy (non-hydrogen) atoms. The van der Waals surface area contributed by atoms with E-state index in [4.69, 9.17) is 9.47 Å². The van der Waals surface area contributed by atoms with E-state index in [1.165, 1.54) is 0 Å². The van der Waals surface area contributed by atoms with Crippen molar-refractivity contribution in [2.45, 2.75) is 6.54 Å². The van der Waals surface area contributed by atoms with E-state index in [1.54, 1.807) is 14.2 Å². The van der Waals surface area contributed by atoms with Crippen LogP contribution < -0.4 is 14.8 Å². The highest BCUT2D eigenvalue weighted by atomic mass is 16.5. The molecule has 0 saturated carbocycles. The van der Waals surface area contributed by atoms with E-state index >= 15 is 0 Å². The van der Waals surface area contributed by atoms with Crippen LogP contribution in [0.15, 0.2) is 42.6 Å². The molecule has 0 aliphatic heterocycles. The third kappa shape index (κ3) is 2.63. The van der Waals surface area contributed by atoms with E-state index in [-0.39, 0.29) is 0 Å². The zero-order valence-electron chi connectivity index (χ0n) is 12.0. The molecule has 0 saturated heterocycles. The Kier molecular flexibility index (Phi) is 3.64. The Morgan fingerprint density at radius 3 is 2.86 bits per heavy atom. The third-order valence-corrected chi connectivity index (χ3v) is 3.44. The molecule has 3 rings (SSSR count). The van der Waals surface area contributed by atoms with Crippen LogP contribution in [0, 0.1) is 0 Å². The second kappa shape index (κ2) is 5.75. The molecule has 1 heterocycles. The van der Waals surface area contributed by atoms with Gasteiger partial charge in [0.05, 0.1) is 25.9 Å². The van der Waals surface area contributed by atoms with Crippen molar-refractivity contribution in [2.75, 3.05) is 19.5 Å². The number of nitrogens with zero attached hydrogens (tertiary/aromatic N) is 1. The van der Waals surface area contributed by atoms with Crippen LogP contribution in [-0.4, -0.2) is 24.4 Å². The maximum absolute atomic E-state index is 5.39. The number of methoxy groups -OCH3 is 2. The Morgan fingerprint density at radius 2 is 2.05 bits per heavy atom. The van der Waals surface area contributed by atoms with Crippen molar-refractivity contribution in [3.63, 3.8) is 0 Å². The predicted octanol–water partition coefficient (Wildman–Crippen LogP) is 3.19. The fourth-order valence-corrected chi connectivity index (χ4v) is 2.33. The van der Waals surface area contributed by atoms with Crippen molar-refractivity contribution in [1.29, 1.82) is 0 Å². The van der Waals surface area contributed by atoms with Crippen LogP contribution in [0.25, 0.3) is 10.9 Å². The quantitative estimate of drug-likeness (QED) is 0.755. The minimum Gasteiger partial charge on any atom is -0.497 e. The van der Waals surface area contributed by atoms with Gasteiger partial charge in [-0.25, -0.2) is 0 Å². The summed E-state index contributed by atoms with van der Waals surface area (Å²) in [5.41, 5.74) is 3.08. The lowest BCUT2D eigenvalue weighted by Gasteiger charge is -2.12. The standard InChI is InChI=1S/C16H17N3O2/c1-20-12-6-7-16(21-2)11(8-12)9-17-14-4-3-5-15-13(14)10-18-19-15/h3-8,10,17H,9H2,1-2H3,(H,18,19). The first-order chi connectivity index (χ1) is 10.3. The summed E-state index contributed by atoms with van der Waals surface area (Å²) < 4.78 is 10.7. The Balaban J connectivity index is 1.86. The first kappa shape index (κ1) is 13.3. The minimum atomic E-state index is 0.644. The highest BCUT2D eigenvalue weighted by Gasteiger charge is 2.07. The van der Waals surface area contributed by atoms with Gasteiger partial charge in [0.1, 0.15) is 11.5 Å². The van der Waals surface area contributed by atoms with Gasteiger partial charge in [0, 0.05) is 23.2 Å². The summed E-state index contributed by atoms with van der Waals surface area (Å²) in [5, 5.41) is 11.5. The second-order valence-corrected chi connectivity index (χ2v) is 4.67. The lowest BCUT2D eigenvalue weighted by molar-refractivity contribution is 0.399. The lowest BCUT2D eigenvalue weighted by atomic mass is 10.1. The molecule has 5 nitrogen and oxygen atoms in total. The van der Waals surface area contributed by atoms with Crippen LogP contribution in [0.3, 0.4) is 0 Å². The normalized spacial score (nSPS) is 10.6. The van der Waals surface area contributed by atoms with Crippen LogP contribution >= 0.6 is 0 Å². The van der Waals surface area contributed by atoms with E-state index in [9.17, 15) is 0 Å². The van der Waals surface area contributed by atoms with Crippen molar-refractivity contribution >= 4 is 16.6 Å². The summed E-state index contributed by atoms with van der Waals surface area (Å²) in [6.45, 7) is 0.644. The smallest absolute Gasteiger partial charge is 0.124 e. The van der Waals surface area contributed by atoms with Crippen LogP contribution in [0.5, 0.6) is 11.5 Å². The Labute approximate surface area is 122 Å². The fraction of sp³-hybridized carbons (Fsp3) is 0.188. The van der Waals surface area contributed by atoms with Gasteiger partial charge in [-0.1, -0.05) is 6.07 Å². The Bertz CT molecular complexity index is 752. The Morgan fingerprint density at radius 1 is 1.14 bits per heavy atom. The summed E-state index contributed by atoms with van der Waals surface area (Å²) in [5.74, 6) is 1.65. The zero-order valence-corrected chi connectivity index (χ0v) is 12.0. The maximum atomic E-state index is 5.39. The molecule has 1 aromatic heterocycles. The molecule has 0 radical (unpaired) electrons. The molecule has 0 amide bonds. The highest BCUT2D eigenvalue weighted by molar-refractivity contribution is 5.90. The molecule has 0 unspecified atom stereocenters. The van der Waals surface area contributed by atoms with Crippen molar-refractivity contribution < 1.29 is 9.47 Å². The van der Waals surface area contributed by atoms with Crippen molar-refractivity contribution in [3.8, 4) is 11.5 Å². The number of nitrogens with one attached hydrogen (secondary N) is 2. The number of rotatable bonds is 5. The molecular formula is C16H17N3O2. The van der Waals surface area contributed by atoms with E-state index in [0.717, 1.165) is 33.7 Å². The predicted molar refractivity (Wildman–Crippen MR) is 83.0 cm³/mol. The summed E-state index contributed by atoms with van der Waals surface area (Å²) in [4.78, 5) is 0. The van der Waals surface area contributed by atoms with Gasteiger partial charge in [0.25, 0.3) is 0 Å². The van der Waals surface area contributed by atoms with Gasteiger partial charge in [-0.05, 0) is 30.3 Å². The van der Waals surface area contributed by atoms with Crippen LogP contribution in [0.1, 0.15) is 5.56 Å². The zero-order chi connectivity index (χ0) is 14.7. The third-order valence-electron chi connectivity index (χ3n) is 3.44. The molecule has 0 aliphatic carbocycles. The first-order valence-corrected chi connectivity index (χ1v) is 6.68. The molecule has 2 aromatic carbocycles. The van der Waals surface area contributed by atoms with Gasteiger partial charge in [-0.3, -0.25) is 5.10 Å². The number of H-pyrrole nitrogens is 1. The number of ether oxygens (including phenoxy) is 2. The average Bonchev–Trinajstić information content (AvgIpc) is 3.01. The number of hydrogen-bond donors (Lipinski definition) is 2. The molecule has 0 aliphatic rings. The number of aromatic nitrogens is 2. The number of anilines is 1. The van der Waals surface area contributed by atoms with E-state index in [0.29, 0.717) is 6.54 Å². The monoisotopic (exact) mass is 283 g/mol. The van der Waals surface area contributed by atoms with Crippen LogP contribution in [0.4, 0.5) is 5.69 Å². The van der Waals surface area contributed by atoms with Gasteiger partial charge in [0.2, 0.25) is 0 Å². The lowest BCUT2D eigenvalue weighted by Crippen LogP contribution is -2.02. The van der Waals surface area contributed by atoms with Gasteiger partial charge in [-0.2, -0.15) is 5.10 Å². The summed E-state index contributed by atoms with van der Waals surface area (Å²) in [6.07, 6.45) is 1.82. The van der Waals surface area contributed by atoms with Gasteiger partial charge in [0.15, 0.2) is 0 Å². The molecule has 2 N–H and O–H groups in total. The summed E-state index contributed by atoms with van der Waals surface area (Å²) in [7, 11) is 3.33. The maximum Gasteiger partial charge on any atom is 0.124 e. The topological polar surface area (TPSA) is 59.2 Å². The van der Waals surface area contributed by atoms with Gasteiger partial charge < -0.3 is 14.8 Å². The number of aromatic amines is 1. The molecule has 3 aromatic rings. The number of benzene rings is 2. The van der Waals surface area contributed by atoms with Crippen LogP contribution in [-0.2, 0) is 6.54 Å². The molecule has 0 atom stereocenters. The van der Waals surface area contributed by atoms with Crippen molar-refractivity contribution in [2.24, 2.45) is 0 Å². The summed E-state index contributed by atoms with van der Waals surface area (Å²) in [6, 6.07) is 11.8. The highest BCUT2D eigenvalue weighted by Crippen LogP contribution is 2.26. The SMILES string of the molecule is COc1ccc(OC)c(CNc2cccc3[nH]ncc23)c1. The first-order valence-electron chi connectivity index (χ1n) is 6.68. The molecule has 108 valence electrons. The van der Waals surface area contributed by atoms with Crippen molar-refractivity contribution in [3.05, 3.63) is 48.2 Å². The van der Waals surface area contributed by atoms with Crippen molar-refractivity contribution in [1.82, 2.24) is 10.2 Å². The van der Waals surface area contributed by atoms with Crippen LogP contribution in [0.2, 0.25) is 0 Å². The Hall–Kier alpha value is -2.69. The second-order valence-electron chi connectivity index (χ2n) is 4.67. The summed E-state index contributed by atoms with van der Waals surface area (Å²) >= 11 is 0. The van der Waals surface area contributed by atoms with Gasteiger partial charge >= 0.3 is 0 Å². The fourth-order valence-electron chi connectivity index (χ4n) is 2.33. The number of fused-ring (bicyclic) bond motifs is 1. The molecule has 0 spiro atoms. The molecule has 0 bridgehead atoms. The number of hydrogen-bond acceptors (Lipinski definition) is 4. The minimum absolute atomic E-state index is 0.644. The van der Waals surface area contributed by atoms with E-state index in [2.05, 4.69) is 15.5 Å². The van der Waals surface area contributed by atoms with E-state index in [1.807, 2.05) is 42.6 Å². The molecule has 5 heteroatoms. The average molecular weight is 283 g/mol. The largest absolute Gasteiger partial charge is 0.497 e. The molecule has 0 fully saturated rings. The molecular weight excluding hydrogens is 266 g/mol.